The summed E-state index contributed by atoms with van der Waals surface area (Å²) >= 11 is 0. The highest BCUT2D eigenvalue weighted by atomic mass is 16.3. The van der Waals surface area contributed by atoms with Gasteiger partial charge in [-0.1, -0.05) is 73.5 Å². The van der Waals surface area contributed by atoms with Crippen molar-refractivity contribution in [1.29, 1.82) is 0 Å². The number of fused-ring (bicyclic) bond motifs is 1. The first-order chi connectivity index (χ1) is 15.2. The normalized spacial score (nSPS) is 31.4. The van der Waals surface area contributed by atoms with E-state index in [0.29, 0.717) is 18.9 Å². The first-order valence-electron chi connectivity index (χ1n) is 12.0. The van der Waals surface area contributed by atoms with Gasteiger partial charge >= 0.3 is 0 Å². The molecule has 5 rings (SSSR count). The Morgan fingerprint density at radius 3 is 2.39 bits per heavy atom. The van der Waals surface area contributed by atoms with Crippen LogP contribution in [0.5, 0.6) is 0 Å². The highest BCUT2D eigenvalue weighted by molar-refractivity contribution is 5.82. The molecule has 4 heteroatoms. The molecule has 0 aromatic heterocycles. The van der Waals surface area contributed by atoms with Gasteiger partial charge in [0.05, 0.1) is 11.6 Å². The fraction of sp³-hybridized carbons (Fsp3) is 0.519. The number of likely N-dealkylation sites (tertiary alicyclic amines) is 2. The molecule has 0 radical (unpaired) electrons. The molecule has 2 heterocycles. The fourth-order valence-electron chi connectivity index (χ4n) is 6.35. The SMILES string of the molecule is O=C([C@H]1CCCN1Cc1ccccc1)N1CCC(O)(c2ccccc2)C2CCCCC21. The number of carbonyl (C=O) groups excluding carboxylic acids is 1. The van der Waals surface area contributed by atoms with Gasteiger partial charge in [-0.15, -0.1) is 0 Å². The molecule has 2 aromatic rings. The van der Waals surface area contributed by atoms with E-state index in [2.05, 4.69) is 46.2 Å². The second-order valence-electron chi connectivity index (χ2n) is 9.64. The molecule has 3 fully saturated rings. The number of aliphatic hydroxyl groups is 1. The van der Waals surface area contributed by atoms with Crippen LogP contribution in [0, 0.1) is 5.92 Å². The van der Waals surface area contributed by atoms with Crippen molar-refractivity contribution in [1.82, 2.24) is 9.80 Å². The van der Waals surface area contributed by atoms with Gasteiger partial charge < -0.3 is 10.0 Å². The molecule has 164 valence electrons. The van der Waals surface area contributed by atoms with Gasteiger partial charge in [0.2, 0.25) is 5.91 Å². The van der Waals surface area contributed by atoms with Crippen molar-refractivity contribution in [2.24, 2.45) is 5.92 Å². The summed E-state index contributed by atoms with van der Waals surface area (Å²) in [5, 5.41) is 11.8. The minimum absolute atomic E-state index is 0.0225. The molecule has 31 heavy (non-hydrogen) atoms. The molecule has 1 amide bonds. The minimum atomic E-state index is -0.817. The van der Waals surface area contributed by atoms with Crippen molar-refractivity contribution >= 4 is 5.91 Å². The number of hydrogen-bond donors (Lipinski definition) is 1. The van der Waals surface area contributed by atoms with Gasteiger partial charge in [-0.2, -0.15) is 0 Å². The van der Waals surface area contributed by atoms with Crippen molar-refractivity contribution in [3.63, 3.8) is 0 Å². The smallest absolute Gasteiger partial charge is 0.240 e. The van der Waals surface area contributed by atoms with Gasteiger partial charge in [0.1, 0.15) is 0 Å². The number of nitrogens with zero attached hydrogens (tertiary/aromatic N) is 2. The van der Waals surface area contributed by atoms with Gasteiger partial charge in [0, 0.05) is 25.0 Å². The van der Waals surface area contributed by atoms with Crippen LogP contribution in [0.3, 0.4) is 0 Å². The van der Waals surface area contributed by atoms with Crippen molar-refractivity contribution < 1.29 is 9.90 Å². The van der Waals surface area contributed by atoms with E-state index in [4.69, 9.17) is 0 Å². The standard InChI is InChI=1S/C27H34N2O2/c30-26(25-16-9-18-28(25)20-21-10-3-1-4-11-21)29-19-17-27(31,22-12-5-2-6-13-22)23-14-7-8-15-24(23)29/h1-6,10-13,23-25,31H,7-9,14-20H2/t23?,24?,25-,27?/m1/s1. The van der Waals surface area contributed by atoms with Gasteiger partial charge in [0.15, 0.2) is 0 Å². The largest absolute Gasteiger partial charge is 0.385 e. The van der Waals surface area contributed by atoms with Gasteiger partial charge in [-0.05, 0) is 49.8 Å². The maximum absolute atomic E-state index is 13.8. The number of amides is 1. The summed E-state index contributed by atoms with van der Waals surface area (Å²) in [7, 11) is 0. The molecule has 0 spiro atoms. The van der Waals surface area contributed by atoms with Crippen LogP contribution in [0.1, 0.15) is 56.1 Å². The van der Waals surface area contributed by atoms with E-state index in [1.807, 2.05) is 24.3 Å². The van der Waals surface area contributed by atoms with E-state index in [1.54, 1.807) is 0 Å². The van der Waals surface area contributed by atoms with Gasteiger partial charge in [0.25, 0.3) is 0 Å². The molecule has 1 saturated carbocycles. The topological polar surface area (TPSA) is 43.8 Å². The second kappa shape index (κ2) is 8.76. The Labute approximate surface area is 185 Å². The zero-order valence-electron chi connectivity index (χ0n) is 18.3. The van der Waals surface area contributed by atoms with Crippen LogP contribution in [0.15, 0.2) is 60.7 Å². The summed E-state index contributed by atoms with van der Waals surface area (Å²) in [6, 6.07) is 20.8. The molecule has 3 unspecified atom stereocenters. The van der Waals surface area contributed by atoms with Gasteiger partial charge in [-0.3, -0.25) is 9.69 Å². The summed E-state index contributed by atoms with van der Waals surface area (Å²) in [5.74, 6) is 0.422. The molecule has 2 aromatic carbocycles. The first kappa shape index (κ1) is 20.7. The van der Waals surface area contributed by atoms with Crippen LogP contribution >= 0.6 is 0 Å². The number of rotatable bonds is 4. The Balaban J connectivity index is 1.36. The maximum Gasteiger partial charge on any atom is 0.240 e. The van der Waals surface area contributed by atoms with E-state index in [-0.39, 0.29) is 18.0 Å². The van der Waals surface area contributed by atoms with E-state index >= 15 is 0 Å². The van der Waals surface area contributed by atoms with E-state index in [1.165, 1.54) is 5.56 Å². The van der Waals surface area contributed by atoms with Crippen molar-refractivity contribution in [2.75, 3.05) is 13.1 Å². The van der Waals surface area contributed by atoms with Crippen LogP contribution in [0.4, 0.5) is 0 Å². The number of carbonyl (C=O) groups is 1. The lowest BCUT2D eigenvalue weighted by atomic mass is 9.66. The minimum Gasteiger partial charge on any atom is -0.385 e. The average molecular weight is 419 g/mol. The molecule has 1 N–H and O–H groups in total. The van der Waals surface area contributed by atoms with Crippen LogP contribution in [0.25, 0.3) is 0 Å². The van der Waals surface area contributed by atoms with Crippen LogP contribution in [-0.4, -0.2) is 46.0 Å². The Morgan fingerprint density at radius 2 is 1.61 bits per heavy atom. The molecule has 4 nitrogen and oxygen atoms in total. The molecular weight excluding hydrogens is 384 g/mol. The number of hydrogen-bond acceptors (Lipinski definition) is 3. The number of benzene rings is 2. The highest BCUT2D eigenvalue weighted by Crippen LogP contribution is 2.47. The van der Waals surface area contributed by atoms with Crippen molar-refractivity contribution in [3.8, 4) is 0 Å². The second-order valence-corrected chi connectivity index (χ2v) is 9.64. The van der Waals surface area contributed by atoms with E-state index < -0.39 is 5.60 Å². The first-order valence-corrected chi connectivity index (χ1v) is 12.0. The lowest BCUT2D eigenvalue weighted by Crippen LogP contribution is -2.61. The summed E-state index contributed by atoms with van der Waals surface area (Å²) in [4.78, 5) is 18.3. The quantitative estimate of drug-likeness (QED) is 0.804. The van der Waals surface area contributed by atoms with Crippen LogP contribution < -0.4 is 0 Å². The molecule has 2 saturated heterocycles. The molecule has 4 atom stereocenters. The van der Waals surface area contributed by atoms with Crippen molar-refractivity contribution in [2.45, 2.75) is 69.2 Å². The van der Waals surface area contributed by atoms with E-state index in [0.717, 1.165) is 57.2 Å². The third-order valence-electron chi connectivity index (χ3n) is 7.91. The van der Waals surface area contributed by atoms with Crippen LogP contribution in [0.2, 0.25) is 0 Å². The molecular formula is C27H34N2O2. The Kier molecular flexibility index (Phi) is 5.85. The third kappa shape index (κ3) is 3.92. The van der Waals surface area contributed by atoms with Gasteiger partial charge in [-0.25, -0.2) is 0 Å². The highest BCUT2D eigenvalue weighted by Gasteiger charge is 2.51. The summed E-state index contributed by atoms with van der Waals surface area (Å²) in [5.41, 5.74) is 1.48. The Morgan fingerprint density at radius 1 is 0.903 bits per heavy atom. The number of piperidine rings is 1. The molecule has 2 aliphatic heterocycles. The predicted molar refractivity (Wildman–Crippen MR) is 122 cm³/mol. The molecule has 3 aliphatic rings. The summed E-state index contributed by atoms with van der Waals surface area (Å²) < 4.78 is 0. The predicted octanol–water partition coefficient (Wildman–Crippen LogP) is 4.33. The third-order valence-corrected chi connectivity index (χ3v) is 7.91. The monoisotopic (exact) mass is 418 g/mol. The zero-order valence-corrected chi connectivity index (χ0v) is 18.3. The summed E-state index contributed by atoms with van der Waals surface area (Å²) in [6.07, 6.45) is 6.96. The summed E-state index contributed by atoms with van der Waals surface area (Å²) in [6.45, 7) is 2.48. The van der Waals surface area contributed by atoms with Crippen LogP contribution in [-0.2, 0) is 16.9 Å². The Hall–Kier alpha value is -2.17. The Bertz CT molecular complexity index is 887. The fourth-order valence-corrected chi connectivity index (χ4v) is 6.35. The van der Waals surface area contributed by atoms with Crippen molar-refractivity contribution in [3.05, 3.63) is 71.8 Å². The molecule has 1 aliphatic carbocycles. The average Bonchev–Trinajstić information content (AvgIpc) is 3.28. The maximum atomic E-state index is 13.8. The lowest BCUT2D eigenvalue weighted by Gasteiger charge is -2.53. The van der Waals surface area contributed by atoms with E-state index in [9.17, 15) is 9.90 Å². The zero-order chi connectivity index (χ0) is 21.3. The molecule has 0 bridgehead atoms. The lowest BCUT2D eigenvalue weighted by molar-refractivity contribution is -0.159.